The summed E-state index contributed by atoms with van der Waals surface area (Å²) in [7, 11) is 0. The first kappa shape index (κ1) is 14.6. The Labute approximate surface area is 131 Å². The van der Waals surface area contributed by atoms with Crippen LogP contribution in [-0.4, -0.2) is 16.8 Å². The van der Waals surface area contributed by atoms with Gasteiger partial charge in [-0.25, -0.2) is 0 Å². The van der Waals surface area contributed by atoms with Crippen molar-refractivity contribution in [1.82, 2.24) is 0 Å². The molecule has 0 aliphatic heterocycles. The Balaban J connectivity index is 1.79. The number of thioether (sulfide) groups is 1. The molecule has 0 heterocycles. The molecule has 0 N–H and O–H groups in total. The minimum Gasteiger partial charge on any atom is -0.293 e. The van der Waals surface area contributed by atoms with Gasteiger partial charge >= 0.3 is 0 Å². The lowest BCUT2D eigenvalue weighted by Crippen LogP contribution is -2.13. The zero-order valence-corrected chi connectivity index (χ0v) is 13.4. The molecule has 0 unspecified atom stereocenters. The van der Waals surface area contributed by atoms with E-state index in [4.69, 9.17) is 0 Å². The third kappa shape index (κ3) is 3.32. The molecule has 0 radical (unpaired) electrons. The SMILES string of the molecule is Cc1ccc2ccccc2c1C(=O)CSC1CCCCC1. The highest BCUT2D eigenvalue weighted by Gasteiger charge is 2.18. The fraction of sp³-hybridized carbons (Fsp3) is 0.421. The standard InChI is InChI=1S/C19H22OS/c1-14-11-12-15-7-5-6-10-17(15)19(14)18(20)13-21-16-8-3-2-4-9-16/h5-7,10-12,16H,2-4,8-9,13H2,1H3. The van der Waals surface area contributed by atoms with E-state index in [0.717, 1.165) is 21.9 Å². The van der Waals surface area contributed by atoms with Crippen molar-refractivity contribution in [3.8, 4) is 0 Å². The quantitative estimate of drug-likeness (QED) is 0.703. The highest BCUT2D eigenvalue weighted by Crippen LogP contribution is 2.30. The largest absolute Gasteiger partial charge is 0.293 e. The average molecular weight is 298 g/mol. The molecule has 1 saturated carbocycles. The summed E-state index contributed by atoms with van der Waals surface area (Å²) in [6, 6.07) is 12.4. The fourth-order valence-corrected chi connectivity index (χ4v) is 4.45. The molecule has 2 aromatic carbocycles. The second-order valence-corrected chi connectivity index (χ2v) is 7.26. The van der Waals surface area contributed by atoms with E-state index in [0.29, 0.717) is 16.8 Å². The highest BCUT2D eigenvalue weighted by atomic mass is 32.2. The van der Waals surface area contributed by atoms with Crippen LogP contribution < -0.4 is 0 Å². The molecule has 21 heavy (non-hydrogen) atoms. The smallest absolute Gasteiger partial charge is 0.173 e. The van der Waals surface area contributed by atoms with Crippen molar-refractivity contribution in [1.29, 1.82) is 0 Å². The predicted molar refractivity (Wildman–Crippen MR) is 92.3 cm³/mol. The summed E-state index contributed by atoms with van der Waals surface area (Å²) < 4.78 is 0. The lowest BCUT2D eigenvalue weighted by atomic mass is 9.97. The van der Waals surface area contributed by atoms with E-state index in [-0.39, 0.29) is 0 Å². The minimum atomic E-state index is 0.292. The van der Waals surface area contributed by atoms with Gasteiger partial charge in [-0.05, 0) is 36.1 Å². The number of aryl methyl sites for hydroxylation is 1. The maximum Gasteiger partial charge on any atom is 0.173 e. The number of rotatable bonds is 4. The van der Waals surface area contributed by atoms with Gasteiger partial charge in [-0.1, -0.05) is 55.7 Å². The van der Waals surface area contributed by atoms with Crippen LogP contribution in [0.1, 0.15) is 48.0 Å². The first-order chi connectivity index (χ1) is 10.3. The topological polar surface area (TPSA) is 17.1 Å². The van der Waals surface area contributed by atoms with Crippen LogP contribution in [-0.2, 0) is 0 Å². The number of hydrogen-bond donors (Lipinski definition) is 0. The molecule has 0 aromatic heterocycles. The average Bonchev–Trinajstić information content (AvgIpc) is 2.53. The molecule has 1 aliphatic rings. The van der Waals surface area contributed by atoms with Gasteiger partial charge in [0.15, 0.2) is 5.78 Å². The summed E-state index contributed by atoms with van der Waals surface area (Å²) in [6.07, 6.45) is 6.60. The Bertz CT molecular complexity index is 641. The molecule has 1 fully saturated rings. The molecule has 2 heteroatoms. The van der Waals surface area contributed by atoms with Crippen molar-refractivity contribution in [3.05, 3.63) is 47.5 Å². The summed E-state index contributed by atoms with van der Waals surface area (Å²) >= 11 is 1.87. The van der Waals surface area contributed by atoms with Crippen LogP contribution in [0.5, 0.6) is 0 Å². The van der Waals surface area contributed by atoms with Crippen LogP contribution in [0.2, 0.25) is 0 Å². The van der Waals surface area contributed by atoms with Crippen LogP contribution in [0.25, 0.3) is 10.8 Å². The van der Waals surface area contributed by atoms with Gasteiger partial charge < -0.3 is 0 Å². The van der Waals surface area contributed by atoms with Crippen LogP contribution in [0, 0.1) is 6.92 Å². The minimum absolute atomic E-state index is 0.292. The molecule has 0 spiro atoms. The second kappa shape index (κ2) is 6.65. The maximum absolute atomic E-state index is 12.7. The Morgan fingerprint density at radius 2 is 1.86 bits per heavy atom. The van der Waals surface area contributed by atoms with Crippen LogP contribution in [0.3, 0.4) is 0 Å². The number of hydrogen-bond acceptors (Lipinski definition) is 2. The van der Waals surface area contributed by atoms with E-state index in [1.807, 2.05) is 30.8 Å². The first-order valence-corrected chi connectivity index (χ1v) is 8.94. The molecule has 0 saturated heterocycles. The number of fused-ring (bicyclic) bond motifs is 1. The molecule has 1 aliphatic carbocycles. The molecule has 3 rings (SSSR count). The van der Waals surface area contributed by atoms with E-state index in [2.05, 4.69) is 24.3 Å². The lowest BCUT2D eigenvalue weighted by Gasteiger charge is -2.20. The van der Waals surface area contributed by atoms with Gasteiger partial charge in [-0.3, -0.25) is 4.79 Å². The third-order valence-electron chi connectivity index (χ3n) is 4.42. The van der Waals surface area contributed by atoms with Crippen molar-refractivity contribution in [3.63, 3.8) is 0 Å². The lowest BCUT2D eigenvalue weighted by molar-refractivity contribution is 0.102. The van der Waals surface area contributed by atoms with E-state index in [1.54, 1.807) is 0 Å². The van der Waals surface area contributed by atoms with Gasteiger partial charge in [-0.15, -0.1) is 0 Å². The molecule has 1 nitrogen and oxygen atoms in total. The van der Waals surface area contributed by atoms with Gasteiger partial charge in [0.2, 0.25) is 0 Å². The van der Waals surface area contributed by atoms with Crippen LogP contribution in [0.4, 0.5) is 0 Å². The van der Waals surface area contributed by atoms with Crippen molar-refractivity contribution in [2.75, 3.05) is 5.75 Å². The summed E-state index contributed by atoms with van der Waals surface area (Å²) in [5.74, 6) is 0.916. The summed E-state index contributed by atoms with van der Waals surface area (Å²) in [6.45, 7) is 2.05. The molecular weight excluding hydrogens is 276 g/mol. The normalized spacial score (nSPS) is 16.2. The molecule has 110 valence electrons. The number of carbonyl (C=O) groups is 1. The van der Waals surface area contributed by atoms with E-state index >= 15 is 0 Å². The van der Waals surface area contributed by atoms with Crippen molar-refractivity contribution >= 4 is 28.3 Å². The Morgan fingerprint density at radius 1 is 1.10 bits per heavy atom. The van der Waals surface area contributed by atoms with Gasteiger partial charge in [0.05, 0.1) is 5.75 Å². The fourth-order valence-electron chi connectivity index (χ4n) is 3.25. The van der Waals surface area contributed by atoms with E-state index in [1.165, 1.54) is 32.1 Å². The van der Waals surface area contributed by atoms with E-state index in [9.17, 15) is 4.79 Å². The molecule has 0 atom stereocenters. The molecule has 0 bridgehead atoms. The maximum atomic E-state index is 12.7. The van der Waals surface area contributed by atoms with Gasteiger partial charge in [0.25, 0.3) is 0 Å². The molecule has 2 aromatic rings. The van der Waals surface area contributed by atoms with Crippen LogP contribution >= 0.6 is 11.8 Å². The zero-order valence-electron chi connectivity index (χ0n) is 12.6. The van der Waals surface area contributed by atoms with Crippen LogP contribution in [0.15, 0.2) is 36.4 Å². The second-order valence-electron chi connectivity index (χ2n) is 5.97. The van der Waals surface area contributed by atoms with Gasteiger partial charge in [0.1, 0.15) is 0 Å². The Hall–Kier alpha value is -1.28. The monoisotopic (exact) mass is 298 g/mol. The number of ketones is 1. The summed E-state index contributed by atoms with van der Waals surface area (Å²) in [5, 5.41) is 2.96. The predicted octanol–water partition coefficient (Wildman–Crippen LogP) is 5.40. The van der Waals surface area contributed by atoms with Gasteiger partial charge in [-0.2, -0.15) is 11.8 Å². The van der Waals surface area contributed by atoms with Crippen molar-refractivity contribution < 1.29 is 4.79 Å². The number of carbonyl (C=O) groups excluding carboxylic acids is 1. The third-order valence-corrected chi connectivity index (χ3v) is 5.79. The zero-order chi connectivity index (χ0) is 14.7. The number of benzene rings is 2. The molecular formula is C19H22OS. The molecule has 0 amide bonds. The van der Waals surface area contributed by atoms with Gasteiger partial charge in [0, 0.05) is 10.8 Å². The summed E-state index contributed by atoms with van der Waals surface area (Å²) in [4.78, 5) is 12.7. The van der Waals surface area contributed by atoms with E-state index < -0.39 is 0 Å². The summed E-state index contributed by atoms with van der Waals surface area (Å²) in [5.41, 5.74) is 2.03. The first-order valence-electron chi connectivity index (χ1n) is 7.89. The Morgan fingerprint density at radius 3 is 2.67 bits per heavy atom. The van der Waals surface area contributed by atoms with Crippen molar-refractivity contribution in [2.24, 2.45) is 0 Å². The highest BCUT2D eigenvalue weighted by molar-refractivity contribution is 8.00. The Kier molecular flexibility index (Phi) is 4.64. The number of Topliss-reactive ketones (excluding diaryl/α,β-unsaturated/α-hetero) is 1. The van der Waals surface area contributed by atoms with Crippen molar-refractivity contribution in [2.45, 2.75) is 44.3 Å².